The molecule has 44 heavy (non-hydrogen) atoms. The third-order valence-electron chi connectivity index (χ3n) is 6.77. The van der Waals surface area contributed by atoms with Crippen molar-refractivity contribution in [2.24, 2.45) is 4.99 Å². The largest absolute Gasteiger partial charge is 0.573 e. The number of amides is 1. The zero-order valence-corrected chi connectivity index (χ0v) is 24.7. The number of hydrogen-bond donors (Lipinski definition) is 2. The first-order valence-corrected chi connectivity index (χ1v) is 15.1. The fourth-order valence-corrected chi connectivity index (χ4v) is 6.19. The summed E-state index contributed by atoms with van der Waals surface area (Å²) in [6, 6.07) is 10.3. The summed E-state index contributed by atoms with van der Waals surface area (Å²) in [5.41, 5.74) is 8.34. The number of aryl methyl sites for hydroxylation is 1. The van der Waals surface area contributed by atoms with Gasteiger partial charge in [0.05, 0.1) is 17.3 Å². The van der Waals surface area contributed by atoms with Crippen molar-refractivity contribution in [1.29, 1.82) is 0 Å². The van der Waals surface area contributed by atoms with Crippen molar-refractivity contribution in [3.05, 3.63) is 84.3 Å². The molecule has 11 nitrogen and oxygen atoms in total. The average Bonchev–Trinajstić information content (AvgIpc) is 2.99. The molecule has 0 aliphatic carbocycles. The highest BCUT2D eigenvalue weighted by Crippen LogP contribution is 2.28. The first kappa shape index (κ1) is 32.4. The summed E-state index contributed by atoms with van der Waals surface area (Å²) in [4.78, 5) is 27.5. The van der Waals surface area contributed by atoms with Crippen LogP contribution in [0.5, 0.6) is 5.75 Å². The van der Waals surface area contributed by atoms with Gasteiger partial charge in [-0.3, -0.25) is 9.79 Å². The molecule has 0 bridgehead atoms. The van der Waals surface area contributed by atoms with Gasteiger partial charge in [0, 0.05) is 32.4 Å². The van der Waals surface area contributed by atoms with E-state index >= 15 is 0 Å². The Hall–Kier alpha value is -4.50. The molecule has 1 aliphatic rings. The lowest BCUT2D eigenvalue weighted by atomic mass is 10.1. The molecule has 0 unspecified atom stereocenters. The van der Waals surface area contributed by atoms with Crippen molar-refractivity contribution in [1.82, 2.24) is 19.6 Å². The van der Waals surface area contributed by atoms with Crippen molar-refractivity contribution in [2.75, 3.05) is 30.3 Å². The topological polar surface area (TPSA) is 143 Å². The third-order valence-corrected chi connectivity index (χ3v) is 8.69. The number of nitrogen functional groups attached to an aromatic ring is 1. The molecule has 15 heteroatoms. The number of hydrogen-bond acceptors (Lipinski definition) is 9. The van der Waals surface area contributed by atoms with Crippen LogP contribution < -0.4 is 20.7 Å². The molecule has 3 aromatic rings. The molecule has 4 rings (SSSR count). The molecule has 1 fully saturated rings. The minimum Gasteiger partial charge on any atom is -0.406 e. The maximum absolute atomic E-state index is 13.7. The number of alkyl halides is 3. The SMILES string of the molecule is C=CN=Cc1ncc(N2CCN(S(=O)(=O)c3ccc(OC(F)(F)F)cc3)[C@@H](C(=O)NCc3ccc(CCC)cc3)C2)nc1N. The summed E-state index contributed by atoms with van der Waals surface area (Å²) >= 11 is 0. The number of halogens is 3. The summed E-state index contributed by atoms with van der Waals surface area (Å²) in [6.07, 6.45) is 1.14. The number of nitrogens with two attached hydrogens (primary N) is 1. The highest BCUT2D eigenvalue weighted by Gasteiger charge is 2.41. The Labute approximate surface area is 253 Å². The molecule has 0 spiro atoms. The molecule has 2 heterocycles. The van der Waals surface area contributed by atoms with Crippen molar-refractivity contribution in [3.63, 3.8) is 0 Å². The van der Waals surface area contributed by atoms with Crippen LogP contribution in [-0.2, 0) is 27.8 Å². The summed E-state index contributed by atoms with van der Waals surface area (Å²) in [7, 11) is -4.32. The fraction of sp³-hybridized carbons (Fsp3) is 0.310. The Morgan fingerprint density at radius 3 is 2.45 bits per heavy atom. The lowest BCUT2D eigenvalue weighted by Crippen LogP contribution is -2.60. The van der Waals surface area contributed by atoms with E-state index in [9.17, 15) is 26.4 Å². The molecule has 0 radical (unpaired) electrons. The van der Waals surface area contributed by atoms with Crippen LogP contribution in [0.4, 0.5) is 24.8 Å². The Balaban J connectivity index is 1.59. The maximum Gasteiger partial charge on any atom is 0.573 e. The zero-order chi connectivity index (χ0) is 31.9. The zero-order valence-electron chi connectivity index (χ0n) is 23.9. The normalized spacial score (nSPS) is 16.2. The molecule has 3 N–H and O–H groups in total. The first-order chi connectivity index (χ1) is 20.9. The lowest BCUT2D eigenvalue weighted by molar-refractivity contribution is -0.274. The van der Waals surface area contributed by atoms with Gasteiger partial charge in [-0.1, -0.05) is 44.2 Å². The van der Waals surface area contributed by atoms with Crippen molar-refractivity contribution < 1.29 is 31.1 Å². The highest BCUT2D eigenvalue weighted by atomic mass is 32.2. The predicted octanol–water partition coefficient (Wildman–Crippen LogP) is 3.67. The number of carbonyl (C=O) groups is 1. The van der Waals surface area contributed by atoms with Crippen LogP contribution in [0.25, 0.3) is 0 Å². The van der Waals surface area contributed by atoms with Crippen LogP contribution in [-0.4, -0.2) is 66.9 Å². The van der Waals surface area contributed by atoms with E-state index in [1.54, 1.807) is 4.90 Å². The second-order valence-corrected chi connectivity index (χ2v) is 11.7. The molecular formula is C29H32F3N7O4S. The smallest absolute Gasteiger partial charge is 0.406 e. The monoisotopic (exact) mass is 631 g/mol. The van der Waals surface area contributed by atoms with Crippen LogP contribution in [0.1, 0.15) is 30.2 Å². The van der Waals surface area contributed by atoms with Crippen LogP contribution in [0, 0.1) is 0 Å². The summed E-state index contributed by atoms with van der Waals surface area (Å²) in [5.74, 6) is -0.730. The second-order valence-electron chi connectivity index (χ2n) is 9.84. The average molecular weight is 632 g/mol. The van der Waals surface area contributed by atoms with Crippen molar-refractivity contribution >= 4 is 33.8 Å². The standard InChI is InChI=1S/C29H32F3N7O4S/c1-3-5-20-6-8-21(9-7-20)16-36-28(40)25-19-38(26-18-35-24(17-34-4-2)27(33)37-26)14-15-39(25)44(41,42)23-12-10-22(11-13-23)43-29(30,31)32/h4,6-13,17-18,25H,2-3,5,14-16,19H2,1H3,(H2,33,37)(H,36,40)/t25-/m1/s1. The van der Waals surface area contributed by atoms with E-state index in [4.69, 9.17) is 5.73 Å². The van der Waals surface area contributed by atoms with Gasteiger partial charge in [0.25, 0.3) is 0 Å². The predicted molar refractivity (Wildman–Crippen MR) is 160 cm³/mol. The number of anilines is 2. The van der Waals surface area contributed by atoms with Gasteiger partial charge in [0.2, 0.25) is 15.9 Å². The van der Waals surface area contributed by atoms with Gasteiger partial charge in [0.1, 0.15) is 23.3 Å². The number of rotatable bonds is 11. The molecule has 1 aromatic heterocycles. The van der Waals surface area contributed by atoms with Gasteiger partial charge in [-0.2, -0.15) is 4.31 Å². The van der Waals surface area contributed by atoms with E-state index in [2.05, 4.69) is 38.5 Å². The third kappa shape index (κ3) is 8.11. The lowest BCUT2D eigenvalue weighted by Gasteiger charge is -2.40. The maximum atomic E-state index is 13.7. The van der Waals surface area contributed by atoms with Gasteiger partial charge >= 0.3 is 6.36 Å². The van der Waals surface area contributed by atoms with E-state index in [1.165, 1.54) is 18.6 Å². The molecule has 1 saturated heterocycles. The Morgan fingerprint density at radius 2 is 1.84 bits per heavy atom. The van der Waals surface area contributed by atoms with Gasteiger partial charge in [-0.25, -0.2) is 18.4 Å². The number of nitrogens with one attached hydrogen (secondary N) is 1. The number of nitrogens with zero attached hydrogens (tertiary/aromatic N) is 5. The minimum atomic E-state index is -4.93. The van der Waals surface area contributed by atoms with Gasteiger partial charge < -0.3 is 20.7 Å². The highest BCUT2D eigenvalue weighted by molar-refractivity contribution is 7.89. The quantitative estimate of drug-likeness (QED) is 0.305. The number of benzene rings is 2. The van der Waals surface area contributed by atoms with Gasteiger partial charge in [0.15, 0.2) is 5.82 Å². The van der Waals surface area contributed by atoms with Crippen LogP contribution in [0.2, 0.25) is 0 Å². The molecule has 0 saturated carbocycles. The number of aromatic nitrogens is 2. The Kier molecular flexibility index (Phi) is 10.2. The van der Waals surface area contributed by atoms with Crippen molar-refractivity contribution in [2.45, 2.75) is 43.6 Å². The van der Waals surface area contributed by atoms with Gasteiger partial charge in [-0.15, -0.1) is 13.2 Å². The second kappa shape index (κ2) is 13.9. The molecule has 1 atom stereocenters. The number of carbonyl (C=O) groups excluding carboxylic acids is 1. The van der Waals surface area contributed by atoms with E-state index in [0.717, 1.165) is 52.5 Å². The molecule has 2 aromatic carbocycles. The number of sulfonamides is 1. The Morgan fingerprint density at radius 1 is 1.16 bits per heavy atom. The van der Waals surface area contributed by atoms with Crippen molar-refractivity contribution in [3.8, 4) is 5.75 Å². The number of ether oxygens (including phenoxy) is 1. The van der Waals surface area contributed by atoms with Gasteiger partial charge in [-0.05, 0) is 41.8 Å². The molecule has 1 amide bonds. The van der Waals surface area contributed by atoms with E-state index in [1.807, 2.05) is 24.3 Å². The molecular weight excluding hydrogens is 599 g/mol. The first-order valence-electron chi connectivity index (χ1n) is 13.7. The number of piperazine rings is 1. The Bertz CT molecular complexity index is 1600. The molecule has 234 valence electrons. The number of aliphatic imine (C=N–C) groups is 1. The van der Waals surface area contributed by atoms with E-state index in [-0.39, 0.29) is 36.9 Å². The summed E-state index contributed by atoms with van der Waals surface area (Å²) < 4.78 is 70.1. The summed E-state index contributed by atoms with van der Waals surface area (Å²) in [5, 5.41) is 2.82. The summed E-state index contributed by atoms with van der Waals surface area (Å²) in [6.45, 7) is 5.64. The van der Waals surface area contributed by atoms with Crippen LogP contribution in [0.15, 0.2) is 77.4 Å². The molecule has 1 aliphatic heterocycles. The van der Waals surface area contributed by atoms with E-state index < -0.39 is 34.1 Å². The van der Waals surface area contributed by atoms with Crippen LogP contribution >= 0.6 is 0 Å². The fourth-order valence-electron chi connectivity index (χ4n) is 4.62. The van der Waals surface area contributed by atoms with E-state index in [0.29, 0.717) is 11.5 Å². The van der Waals surface area contributed by atoms with Crippen LogP contribution in [0.3, 0.4) is 0 Å². The minimum absolute atomic E-state index is 0.0804.